The van der Waals surface area contributed by atoms with Crippen LogP contribution in [-0.4, -0.2) is 16.1 Å². The molecule has 1 heterocycles. The average Bonchev–Trinajstić information content (AvgIpc) is 3.93. The highest BCUT2D eigenvalue weighted by Crippen LogP contribution is 2.64. The molecular formula is C64H62N2SSi2. The molecule has 0 radical (unpaired) electrons. The lowest BCUT2D eigenvalue weighted by Gasteiger charge is -2.32. The summed E-state index contributed by atoms with van der Waals surface area (Å²) in [7, 11) is -3.00. The zero-order valence-corrected chi connectivity index (χ0v) is 44.6. The normalized spacial score (nSPS) is 14.2. The number of thiophene rings is 1. The molecule has 342 valence electrons. The van der Waals surface area contributed by atoms with Gasteiger partial charge >= 0.3 is 0 Å². The van der Waals surface area contributed by atoms with Crippen LogP contribution >= 0.6 is 11.3 Å². The van der Waals surface area contributed by atoms with E-state index in [4.69, 9.17) is 0 Å². The summed E-state index contributed by atoms with van der Waals surface area (Å²) in [5.41, 5.74) is 20.0. The number of para-hydroxylation sites is 2. The lowest BCUT2D eigenvalue weighted by atomic mass is 9.74. The summed E-state index contributed by atoms with van der Waals surface area (Å²) in [4.78, 5) is 7.83. The van der Waals surface area contributed by atoms with Crippen molar-refractivity contribution in [2.24, 2.45) is 0 Å². The highest BCUT2D eigenvalue weighted by molar-refractivity contribution is 7.19. The van der Waals surface area contributed by atoms with Gasteiger partial charge < -0.3 is 9.80 Å². The third-order valence-electron chi connectivity index (χ3n) is 15.0. The van der Waals surface area contributed by atoms with Crippen LogP contribution in [0.15, 0.2) is 194 Å². The Morgan fingerprint density at radius 1 is 0.348 bits per heavy atom. The molecule has 69 heavy (non-hydrogen) atoms. The van der Waals surface area contributed by atoms with E-state index in [-0.39, 0.29) is 10.8 Å². The van der Waals surface area contributed by atoms with Gasteiger partial charge in [0, 0.05) is 54.5 Å². The summed E-state index contributed by atoms with van der Waals surface area (Å²) in [6.45, 7) is 24.4. The fraction of sp³-hybridized carbons (Fsp3) is 0.188. The van der Waals surface area contributed by atoms with E-state index in [9.17, 15) is 0 Å². The van der Waals surface area contributed by atoms with Crippen LogP contribution < -0.4 is 20.2 Å². The predicted molar refractivity (Wildman–Crippen MR) is 306 cm³/mol. The van der Waals surface area contributed by atoms with Gasteiger partial charge in [-0.3, -0.25) is 0 Å². The molecule has 0 bridgehead atoms. The lowest BCUT2D eigenvalue weighted by Crippen LogP contribution is -2.37. The average molecular weight is 947 g/mol. The third-order valence-corrected chi connectivity index (χ3v) is 20.3. The molecule has 11 rings (SSSR count). The van der Waals surface area contributed by atoms with E-state index in [2.05, 4.69) is 271 Å². The van der Waals surface area contributed by atoms with Crippen LogP contribution in [-0.2, 0) is 10.8 Å². The number of hydrogen-bond acceptors (Lipinski definition) is 3. The topological polar surface area (TPSA) is 6.48 Å². The summed E-state index contributed by atoms with van der Waals surface area (Å²) >= 11 is 2.00. The van der Waals surface area contributed by atoms with Gasteiger partial charge in [0.1, 0.15) is 0 Å². The van der Waals surface area contributed by atoms with Crippen molar-refractivity contribution in [3.8, 4) is 43.1 Å². The molecule has 0 amide bonds. The Balaban J connectivity index is 1.02. The van der Waals surface area contributed by atoms with Crippen molar-refractivity contribution in [2.45, 2.75) is 77.8 Å². The summed E-state index contributed by atoms with van der Waals surface area (Å²) in [6.07, 6.45) is 0. The van der Waals surface area contributed by atoms with E-state index in [1.54, 1.807) is 0 Å². The van der Waals surface area contributed by atoms with Gasteiger partial charge in [0.25, 0.3) is 0 Å². The number of hydrogen-bond donors (Lipinski definition) is 0. The molecule has 0 saturated carbocycles. The molecule has 2 aliphatic rings. The van der Waals surface area contributed by atoms with Crippen LogP contribution in [0.2, 0.25) is 39.3 Å². The Hall–Kier alpha value is -6.51. The van der Waals surface area contributed by atoms with E-state index in [0.717, 1.165) is 0 Å². The molecule has 0 aliphatic heterocycles. The Labute approximate surface area is 416 Å². The Bertz CT molecular complexity index is 3160. The Morgan fingerprint density at radius 2 is 0.681 bits per heavy atom. The van der Waals surface area contributed by atoms with Crippen molar-refractivity contribution in [2.75, 3.05) is 9.80 Å². The van der Waals surface area contributed by atoms with Crippen molar-refractivity contribution in [1.82, 2.24) is 0 Å². The molecule has 0 fully saturated rings. The maximum Gasteiger partial charge on any atom is 0.0775 e. The maximum atomic E-state index is 2.51. The van der Waals surface area contributed by atoms with Crippen LogP contribution in [0.1, 0.15) is 49.9 Å². The van der Waals surface area contributed by atoms with Crippen molar-refractivity contribution in [3.63, 3.8) is 0 Å². The minimum atomic E-state index is -1.50. The van der Waals surface area contributed by atoms with Crippen molar-refractivity contribution >= 4 is 72.0 Å². The van der Waals surface area contributed by atoms with Crippen LogP contribution in [0, 0.1) is 0 Å². The van der Waals surface area contributed by atoms with Crippen molar-refractivity contribution in [1.29, 1.82) is 0 Å². The van der Waals surface area contributed by atoms with Gasteiger partial charge in [-0.1, -0.05) is 211 Å². The molecule has 9 aromatic rings. The molecule has 2 nitrogen and oxygen atoms in total. The van der Waals surface area contributed by atoms with E-state index < -0.39 is 16.1 Å². The first kappa shape index (κ1) is 45.0. The maximum absolute atomic E-state index is 2.51. The van der Waals surface area contributed by atoms with Gasteiger partial charge in [-0.25, -0.2) is 0 Å². The molecule has 0 atom stereocenters. The van der Waals surface area contributed by atoms with Crippen molar-refractivity contribution in [3.05, 3.63) is 216 Å². The zero-order valence-electron chi connectivity index (χ0n) is 41.8. The number of benzene rings is 8. The molecule has 0 spiro atoms. The first-order valence-electron chi connectivity index (χ1n) is 24.6. The van der Waals surface area contributed by atoms with Crippen LogP contribution in [0.4, 0.5) is 34.1 Å². The second kappa shape index (κ2) is 16.6. The van der Waals surface area contributed by atoms with Gasteiger partial charge in [-0.15, -0.1) is 11.3 Å². The van der Waals surface area contributed by atoms with Gasteiger partial charge in [0.2, 0.25) is 0 Å². The zero-order chi connectivity index (χ0) is 48.0. The molecule has 5 heteroatoms. The van der Waals surface area contributed by atoms with E-state index in [0.29, 0.717) is 0 Å². The van der Waals surface area contributed by atoms with Gasteiger partial charge in [-0.2, -0.15) is 0 Å². The highest BCUT2D eigenvalue weighted by atomic mass is 32.1. The quantitative estimate of drug-likeness (QED) is 0.126. The minimum Gasteiger partial charge on any atom is -0.310 e. The molecule has 8 aromatic carbocycles. The standard InChI is InChI=1S/C64H62N2SSi2/c1-63(2)55-41-47(65(45-29-35-49(36-30-45)68(5,6)7)57-27-19-17-25-51(57)43-21-13-11-14-22-43)33-39-53(55)61-59(63)60-62(67-61)54-40-34-48(42-56(54)64(60,3)4)66(46-31-37-50(38-32-46)69(8,9)10)58-28-20-18-26-52(58)44-23-15-12-16-24-44/h11-42H,1-10H3. The summed E-state index contributed by atoms with van der Waals surface area (Å²) in [5.74, 6) is 0. The lowest BCUT2D eigenvalue weighted by molar-refractivity contribution is 0.603. The van der Waals surface area contributed by atoms with E-state index >= 15 is 0 Å². The summed E-state index contributed by atoms with van der Waals surface area (Å²) in [6, 6.07) is 72.9. The largest absolute Gasteiger partial charge is 0.310 e. The number of rotatable bonds is 10. The fourth-order valence-corrected chi connectivity index (χ4v) is 15.2. The van der Waals surface area contributed by atoms with E-state index in [1.165, 1.54) is 110 Å². The van der Waals surface area contributed by atoms with E-state index in [1.807, 2.05) is 11.3 Å². The molecule has 0 unspecified atom stereocenters. The van der Waals surface area contributed by atoms with Crippen LogP contribution in [0.3, 0.4) is 0 Å². The van der Waals surface area contributed by atoms with Gasteiger partial charge in [0.05, 0.1) is 27.5 Å². The third kappa shape index (κ3) is 7.58. The molecule has 2 aliphatic carbocycles. The van der Waals surface area contributed by atoms with Crippen LogP contribution in [0.25, 0.3) is 43.1 Å². The Kier molecular flexibility index (Phi) is 10.8. The monoisotopic (exact) mass is 946 g/mol. The van der Waals surface area contributed by atoms with Gasteiger partial charge in [0.15, 0.2) is 0 Å². The first-order valence-corrected chi connectivity index (χ1v) is 32.4. The number of fused-ring (bicyclic) bond motifs is 7. The molecule has 0 saturated heterocycles. The Morgan fingerprint density at radius 3 is 1.04 bits per heavy atom. The fourth-order valence-electron chi connectivity index (χ4n) is 11.2. The second-order valence-corrected chi connectivity index (χ2v) is 33.4. The second-order valence-electron chi connectivity index (χ2n) is 22.3. The first-order chi connectivity index (χ1) is 33.0. The number of anilines is 6. The minimum absolute atomic E-state index is 0.224. The smallest absolute Gasteiger partial charge is 0.0775 e. The van der Waals surface area contributed by atoms with Gasteiger partial charge in [-0.05, 0) is 105 Å². The number of nitrogens with zero attached hydrogens (tertiary/aromatic N) is 2. The molecular weight excluding hydrogens is 885 g/mol. The summed E-state index contributed by atoms with van der Waals surface area (Å²) in [5, 5.41) is 2.93. The molecule has 0 N–H and O–H groups in total. The SMILES string of the molecule is CC1(C)c2cc(N(c3ccc([Si](C)(C)C)cc3)c3ccccc3-c3ccccc3)ccc2-c2sc3c(c21)C(C)(C)c1cc(N(c2ccc([Si](C)(C)C)cc2)c2ccccc2-c2ccccc2)ccc1-3. The summed E-state index contributed by atoms with van der Waals surface area (Å²) < 4.78 is 0. The van der Waals surface area contributed by atoms with Crippen LogP contribution in [0.5, 0.6) is 0 Å². The molecule has 1 aromatic heterocycles. The highest BCUT2D eigenvalue weighted by Gasteiger charge is 2.48. The van der Waals surface area contributed by atoms with Crippen molar-refractivity contribution < 1.29 is 0 Å². The predicted octanol–water partition coefficient (Wildman–Crippen LogP) is 17.7.